The number of phenolic OH excluding ortho intramolecular Hbond substituents is 4. The molecular formula is C37H36O10. The van der Waals surface area contributed by atoms with Crippen molar-refractivity contribution in [1.82, 2.24) is 0 Å². The van der Waals surface area contributed by atoms with Crippen molar-refractivity contribution in [1.29, 1.82) is 0 Å². The number of rotatable bonds is 9. The van der Waals surface area contributed by atoms with Gasteiger partial charge in [0.15, 0.2) is 23.1 Å². The lowest BCUT2D eigenvalue weighted by Crippen LogP contribution is -2.29. The third-order valence-electron chi connectivity index (χ3n) is 7.78. The Balaban J connectivity index is 1.90. The zero-order valence-corrected chi connectivity index (χ0v) is 26.9. The van der Waals surface area contributed by atoms with E-state index in [-0.39, 0.29) is 35.1 Å². The van der Waals surface area contributed by atoms with Gasteiger partial charge in [0, 0.05) is 35.1 Å². The van der Waals surface area contributed by atoms with Crippen molar-refractivity contribution in [3.05, 3.63) is 104 Å². The van der Waals surface area contributed by atoms with Crippen molar-refractivity contribution in [2.45, 2.75) is 66.4 Å². The molecule has 2 aromatic rings. The van der Waals surface area contributed by atoms with Crippen LogP contribution in [0.15, 0.2) is 76.4 Å². The first kappa shape index (κ1) is 34.4. The van der Waals surface area contributed by atoms with Gasteiger partial charge in [-0.25, -0.2) is 4.79 Å². The molecule has 0 unspecified atom stereocenters. The average Bonchev–Trinajstić information content (AvgIpc) is 2.97. The van der Waals surface area contributed by atoms with Gasteiger partial charge in [-0.1, -0.05) is 28.9 Å². The minimum absolute atomic E-state index is 0.00221. The summed E-state index contributed by atoms with van der Waals surface area (Å²) in [6.45, 7) is 10.6. The number of hydrogen-bond acceptors (Lipinski definition) is 10. The Morgan fingerprint density at radius 3 is 1.77 bits per heavy atom. The molecule has 4 N–H and O–H groups in total. The van der Waals surface area contributed by atoms with Crippen molar-refractivity contribution < 1.29 is 49.1 Å². The molecule has 0 saturated carbocycles. The van der Waals surface area contributed by atoms with E-state index in [1.807, 2.05) is 0 Å². The van der Waals surface area contributed by atoms with E-state index >= 15 is 0 Å². The second-order valence-electron chi connectivity index (χ2n) is 12.3. The molecule has 2 aliphatic carbocycles. The molecule has 0 heterocycles. The summed E-state index contributed by atoms with van der Waals surface area (Å²) in [6.07, 6.45) is 5.47. The largest absolute Gasteiger partial charge is 0.507 e. The quantitative estimate of drug-likeness (QED) is 0.103. The molecule has 0 bridgehead atoms. The number of allylic oxidation sites excluding steroid dienone is 7. The van der Waals surface area contributed by atoms with Gasteiger partial charge in [0.05, 0.1) is 22.3 Å². The van der Waals surface area contributed by atoms with Crippen LogP contribution < -0.4 is 0 Å². The summed E-state index contributed by atoms with van der Waals surface area (Å²) in [7, 11) is 0. The Morgan fingerprint density at radius 1 is 0.681 bits per heavy atom. The Kier molecular flexibility index (Phi) is 9.84. The fourth-order valence-corrected chi connectivity index (χ4v) is 5.59. The van der Waals surface area contributed by atoms with Gasteiger partial charge in [0.1, 0.15) is 29.1 Å². The zero-order valence-electron chi connectivity index (χ0n) is 26.9. The summed E-state index contributed by atoms with van der Waals surface area (Å²) in [4.78, 5) is 67.0. The lowest BCUT2D eigenvalue weighted by molar-refractivity contribution is -0.141. The Hall–Kier alpha value is -5.51. The highest BCUT2D eigenvalue weighted by molar-refractivity contribution is 6.28. The minimum atomic E-state index is -1.21. The molecular weight excluding hydrogens is 604 g/mol. The van der Waals surface area contributed by atoms with Crippen molar-refractivity contribution in [2.24, 2.45) is 0 Å². The van der Waals surface area contributed by atoms with Crippen molar-refractivity contribution in [2.75, 3.05) is 0 Å². The van der Waals surface area contributed by atoms with Crippen molar-refractivity contribution in [3.8, 4) is 23.0 Å². The number of Topliss-reactive ketones (excluding diaryl/α,β-unsaturated/α-hetero) is 2. The SMILES string of the molecule is CC(C)=CC[C@H](C1=CC(=O)c2c(O)ccc(O)c2C1=O)c1cc(O)c2c(c1O)C(=O)C([C@@H](CC=C(C)C)OC(=O)C=C(C)C)=CC2=O. The fourth-order valence-electron chi connectivity index (χ4n) is 5.59. The topological polar surface area (TPSA) is 175 Å². The van der Waals surface area contributed by atoms with Gasteiger partial charge < -0.3 is 25.2 Å². The van der Waals surface area contributed by atoms with Crippen LogP contribution in [0.3, 0.4) is 0 Å². The first-order chi connectivity index (χ1) is 22.0. The number of ketones is 4. The molecule has 10 heteroatoms. The molecule has 2 aromatic carbocycles. The van der Waals surface area contributed by atoms with E-state index < -0.39 is 80.8 Å². The standard InChI is InChI=1S/C37H36O10/c1-17(2)7-9-20(21-14-26(40)31-24(38)10-11-25(39)33(31)35(21)44)22-15-27(41)32-28(42)16-23(37(46)34(32)36(22)45)29(12-8-18(3)4)47-30(43)13-19(5)6/h7-8,10-11,13-16,20,29,38-39,41,45H,9,12H2,1-6H3/t20-,29-/m1/s1. The lowest BCUT2D eigenvalue weighted by Gasteiger charge is -2.27. The summed E-state index contributed by atoms with van der Waals surface area (Å²) in [5, 5.41) is 43.6. The van der Waals surface area contributed by atoms with Crippen LogP contribution in [0.2, 0.25) is 0 Å². The van der Waals surface area contributed by atoms with Crippen LogP contribution in [0.25, 0.3) is 0 Å². The third-order valence-corrected chi connectivity index (χ3v) is 7.78. The summed E-state index contributed by atoms with van der Waals surface area (Å²) < 4.78 is 5.58. The number of benzene rings is 2. The number of carbonyl (C=O) groups is 5. The monoisotopic (exact) mass is 640 g/mol. The van der Waals surface area contributed by atoms with E-state index in [9.17, 15) is 44.4 Å². The summed E-state index contributed by atoms with van der Waals surface area (Å²) in [5.74, 6) is -7.57. The van der Waals surface area contributed by atoms with Crippen LogP contribution in [-0.2, 0) is 9.53 Å². The van der Waals surface area contributed by atoms with Gasteiger partial charge in [-0.05, 0) is 78.3 Å². The first-order valence-electron chi connectivity index (χ1n) is 14.9. The highest BCUT2D eigenvalue weighted by atomic mass is 16.5. The molecule has 0 amide bonds. The summed E-state index contributed by atoms with van der Waals surface area (Å²) in [5.41, 5.74) is -0.0401. The molecule has 2 atom stereocenters. The van der Waals surface area contributed by atoms with E-state index in [1.54, 1.807) is 53.7 Å². The van der Waals surface area contributed by atoms with E-state index in [4.69, 9.17) is 4.74 Å². The lowest BCUT2D eigenvalue weighted by atomic mass is 9.76. The number of carbonyl (C=O) groups excluding carboxylic acids is 5. The number of hydrogen-bond donors (Lipinski definition) is 4. The molecule has 10 nitrogen and oxygen atoms in total. The third kappa shape index (κ3) is 6.86. The normalized spacial score (nSPS) is 15.0. The highest BCUT2D eigenvalue weighted by Gasteiger charge is 2.40. The maximum Gasteiger partial charge on any atom is 0.331 e. The van der Waals surface area contributed by atoms with Gasteiger partial charge >= 0.3 is 5.97 Å². The number of phenols is 4. The van der Waals surface area contributed by atoms with Gasteiger partial charge in [0.25, 0.3) is 0 Å². The maximum absolute atomic E-state index is 14.1. The summed E-state index contributed by atoms with van der Waals surface area (Å²) >= 11 is 0. The molecule has 0 radical (unpaired) electrons. The molecule has 0 spiro atoms. The maximum atomic E-state index is 14.1. The highest BCUT2D eigenvalue weighted by Crippen LogP contribution is 2.47. The molecule has 0 fully saturated rings. The molecule has 47 heavy (non-hydrogen) atoms. The zero-order chi connectivity index (χ0) is 34.9. The van der Waals surface area contributed by atoms with E-state index in [0.717, 1.165) is 41.5 Å². The van der Waals surface area contributed by atoms with Crippen molar-refractivity contribution >= 4 is 29.1 Å². The molecule has 4 rings (SSSR count). The Morgan fingerprint density at radius 2 is 1.19 bits per heavy atom. The van der Waals surface area contributed by atoms with Crippen LogP contribution in [0.4, 0.5) is 0 Å². The molecule has 0 saturated heterocycles. The Labute approximate surface area is 271 Å². The number of ether oxygens (including phenoxy) is 1. The second kappa shape index (κ2) is 13.5. The van der Waals surface area contributed by atoms with Gasteiger partial charge in [-0.2, -0.15) is 0 Å². The predicted molar refractivity (Wildman–Crippen MR) is 173 cm³/mol. The fraction of sp³-hybridized carbons (Fsp3) is 0.270. The van der Waals surface area contributed by atoms with Crippen LogP contribution >= 0.6 is 0 Å². The number of fused-ring (bicyclic) bond motifs is 2. The van der Waals surface area contributed by atoms with Gasteiger partial charge in [-0.3, -0.25) is 19.2 Å². The first-order valence-corrected chi connectivity index (χ1v) is 14.9. The van der Waals surface area contributed by atoms with Crippen LogP contribution in [-0.4, -0.2) is 55.6 Å². The molecule has 244 valence electrons. The molecule has 0 aliphatic heterocycles. The minimum Gasteiger partial charge on any atom is -0.507 e. The smallest absolute Gasteiger partial charge is 0.331 e. The van der Waals surface area contributed by atoms with Crippen LogP contribution in [0.5, 0.6) is 23.0 Å². The Bertz CT molecular complexity index is 1890. The van der Waals surface area contributed by atoms with E-state index in [0.29, 0.717) is 5.57 Å². The van der Waals surface area contributed by atoms with Crippen LogP contribution in [0.1, 0.15) is 107 Å². The van der Waals surface area contributed by atoms with E-state index in [1.165, 1.54) is 6.08 Å². The predicted octanol–water partition coefficient (Wildman–Crippen LogP) is 6.49. The molecule has 0 aromatic heterocycles. The summed E-state index contributed by atoms with van der Waals surface area (Å²) in [6, 6.07) is 3.22. The number of aromatic hydroxyl groups is 4. The second-order valence-corrected chi connectivity index (χ2v) is 12.3. The molecule has 2 aliphatic rings. The van der Waals surface area contributed by atoms with E-state index in [2.05, 4.69) is 0 Å². The van der Waals surface area contributed by atoms with Crippen LogP contribution in [0, 0.1) is 0 Å². The van der Waals surface area contributed by atoms with Gasteiger partial charge in [0.2, 0.25) is 0 Å². The van der Waals surface area contributed by atoms with Gasteiger partial charge in [-0.15, -0.1) is 0 Å². The van der Waals surface area contributed by atoms with Crippen molar-refractivity contribution in [3.63, 3.8) is 0 Å². The number of esters is 1. The average molecular weight is 641 g/mol.